The predicted octanol–water partition coefficient (Wildman–Crippen LogP) is 9.65. The van der Waals surface area contributed by atoms with Crippen molar-refractivity contribution in [3.8, 4) is 0 Å². The van der Waals surface area contributed by atoms with Gasteiger partial charge >= 0.3 is 7.60 Å². The molecule has 0 aromatic heterocycles. The molecule has 0 saturated heterocycles. The van der Waals surface area contributed by atoms with Crippen molar-refractivity contribution < 1.29 is 27.9 Å². The maximum absolute atomic E-state index is 12.9. The second-order valence-electron chi connectivity index (χ2n) is 13.4. The zero-order valence-electron chi connectivity index (χ0n) is 27.9. The molecule has 7 heteroatoms. The van der Waals surface area contributed by atoms with Crippen LogP contribution in [0.4, 0.5) is 0 Å². The maximum atomic E-state index is 12.9. The van der Waals surface area contributed by atoms with Crippen LogP contribution in [0.1, 0.15) is 144 Å². The zero-order chi connectivity index (χ0) is 30.3. The first-order valence-electron chi connectivity index (χ1n) is 16.5. The highest BCUT2D eigenvalue weighted by molar-refractivity contribution is 7.53. The lowest BCUT2D eigenvalue weighted by Gasteiger charge is -2.36. The van der Waals surface area contributed by atoms with Crippen molar-refractivity contribution in [1.82, 2.24) is 0 Å². The molecule has 0 rings (SSSR count). The van der Waals surface area contributed by atoms with Crippen LogP contribution in [0.2, 0.25) is 0 Å². The van der Waals surface area contributed by atoms with Gasteiger partial charge in [0.15, 0.2) is 5.78 Å². The third kappa shape index (κ3) is 23.3. The normalized spacial score (nSPS) is 15.9. The van der Waals surface area contributed by atoms with Crippen LogP contribution in [0.15, 0.2) is 12.2 Å². The van der Waals surface area contributed by atoms with Crippen LogP contribution in [-0.2, 0) is 18.6 Å². The van der Waals surface area contributed by atoms with E-state index in [1.165, 1.54) is 96.3 Å². The van der Waals surface area contributed by atoms with E-state index in [-0.39, 0.29) is 18.3 Å². The van der Waals surface area contributed by atoms with Gasteiger partial charge in [-0.25, -0.2) is 0 Å². The number of quaternary nitrogens is 1. The summed E-state index contributed by atoms with van der Waals surface area (Å²) in [5, 5.41) is 0. The largest absolute Gasteiger partial charge is 0.385 e. The lowest BCUT2D eigenvalue weighted by molar-refractivity contribution is -0.883. The second-order valence-corrected chi connectivity index (χ2v) is 15.4. The molecule has 0 aliphatic rings. The summed E-state index contributed by atoms with van der Waals surface area (Å²) in [6.07, 6.45) is 25.9. The lowest BCUT2D eigenvalue weighted by Crippen LogP contribution is -2.45. The highest BCUT2D eigenvalue weighted by atomic mass is 31.2. The molecule has 3 atom stereocenters. The van der Waals surface area contributed by atoms with Gasteiger partial charge in [0.1, 0.15) is 6.10 Å². The third-order valence-corrected chi connectivity index (χ3v) is 9.54. The molecule has 0 spiro atoms. The number of hydrogen-bond acceptors (Lipinski definition) is 4. The quantitative estimate of drug-likeness (QED) is 0.0446. The summed E-state index contributed by atoms with van der Waals surface area (Å²) in [5.41, 5.74) is -0.384. The summed E-state index contributed by atoms with van der Waals surface area (Å²) >= 11 is 0. The van der Waals surface area contributed by atoms with E-state index >= 15 is 0 Å². The van der Waals surface area contributed by atoms with Crippen LogP contribution in [0, 0.1) is 0 Å². The van der Waals surface area contributed by atoms with Crippen molar-refractivity contribution in [3.05, 3.63) is 12.2 Å². The Bertz CT molecular complexity index is 656. The van der Waals surface area contributed by atoms with Crippen molar-refractivity contribution in [2.45, 2.75) is 161 Å². The summed E-state index contributed by atoms with van der Waals surface area (Å²) in [7, 11) is 1.97. The maximum Gasteiger partial charge on any atom is 0.385 e. The Morgan fingerprint density at radius 1 is 0.750 bits per heavy atom. The molecule has 0 aliphatic carbocycles. The number of unbranched alkanes of at least 4 members (excludes halogenated alkanes) is 14. The summed E-state index contributed by atoms with van der Waals surface area (Å²) in [4.78, 5) is 10.6. The molecular formula is C33H69NO5P+. The topological polar surface area (TPSA) is 65.0 Å². The fourth-order valence-corrected chi connectivity index (χ4v) is 7.02. The van der Waals surface area contributed by atoms with E-state index in [0.29, 0.717) is 24.1 Å². The molecule has 0 fully saturated rings. The van der Waals surface area contributed by atoms with E-state index < -0.39 is 13.4 Å². The molecule has 0 bridgehead atoms. The molecule has 0 radical (unpaired) electrons. The molecular weight excluding hydrogens is 521 g/mol. The minimum absolute atomic E-state index is 0.0520. The molecule has 2 unspecified atom stereocenters. The number of ether oxygens (including phenoxy) is 2. The van der Waals surface area contributed by atoms with Gasteiger partial charge in [0.25, 0.3) is 0 Å². The Balaban J connectivity index is 3.93. The molecule has 0 aromatic carbocycles. The minimum Gasteiger partial charge on any atom is -0.379 e. The smallest absolute Gasteiger partial charge is 0.379 e. The second kappa shape index (κ2) is 23.3. The average Bonchev–Trinajstić information content (AvgIpc) is 2.84. The Kier molecular flexibility index (Phi) is 23.1. The fourth-order valence-electron chi connectivity index (χ4n) is 5.13. The first kappa shape index (κ1) is 39.8. The molecule has 40 heavy (non-hydrogen) atoms. The lowest BCUT2D eigenvalue weighted by atomic mass is 10.1. The van der Waals surface area contributed by atoms with E-state index in [9.17, 15) is 9.46 Å². The van der Waals surface area contributed by atoms with E-state index in [0.717, 1.165) is 6.42 Å². The minimum atomic E-state index is -3.79. The third-order valence-electron chi connectivity index (χ3n) is 7.21. The summed E-state index contributed by atoms with van der Waals surface area (Å²) in [6, 6.07) is 0. The van der Waals surface area contributed by atoms with Crippen LogP contribution < -0.4 is 0 Å². The van der Waals surface area contributed by atoms with Crippen molar-refractivity contribution in [3.63, 3.8) is 0 Å². The molecule has 6 nitrogen and oxygen atoms in total. The molecule has 0 aromatic rings. The van der Waals surface area contributed by atoms with Crippen molar-refractivity contribution in [2.75, 3.05) is 41.0 Å². The van der Waals surface area contributed by atoms with E-state index in [1.807, 2.05) is 48.8 Å². The van der Waals surface area contributed by atoms with Gasteiger partial charge in [-0.1, -0.05) is 96.6 Å². The standard InChI is InChI=1S/C33H68NO5P/c1-9-11-12-13-14-15-16-17-18-19-20-21-22-23-24-25-26-27-28-37-29-31(39-33(3,4)5)30-38-40(35,36)32(10-2)34(6,7)8/h17-18,31-32H,9-16,19-30H2,1-8H3/p+1/b18-17-/t31-,32?/m1/s1. The van der Waals surface area contributed by atoms with E-state index in [1.54, 1.807) is 0 Å². The van der Waals surface area contributed by atoms with Crippen molar-refractivity contribution in [2.24, 2.45) is 0 Å². The van der Waals surface area contributed by atoms with Crippen LogP contribution >= 0.6 is 7.60 Å². The van der Waals surface area contributed by atoms with Crippen molar-refractivity contribution in [1.29, 1.82) is 0 Å². The predicted molar refractivity (Wildman–Crippen MR) is 172 cm³/mol. The number of hydrogen-bond donors (Lipinski definition) is 1. The molecule has 0 saturated carbocycles. The van der Waals surface area contributed by atoms with E-state index in [4.69, 9.17) is 14.0 Å². The summed E-state index contributed by atoms with van der Waals surface area (Å²) in [6.45, 7) is 11.2. The van der Waals surface area contributed by atoms with Gasteiger partial charge in [0.2, 0.25) is 0 Å². The van der Waals surface area contributed by atoms with E-state index in [2.05, 4.69) is 19.1 Å². The Labute approximate surface area is 249 Å². The molecule has 240 valence electrons. The highest BCUT2D eigenvalue weighted by Crippen LogP contribution is 2.51. The Hall–Kier alpha value is -0.230. The van der Waals surface area contributed by atoms with Gasteiger partial charge in [-0.3, -0.25) is 4.57 Å². The van der Waals surface area contributed by atoms with Crippen LogP contribution in [0.5, 0.6) is 0 Å². The average molecular weight is 591 g/mol. The van der Waals surface area contributed by atoms with Crippen LogP contribution in [0.3, 0.4) is 0 Å². The summed E-state index contributed by atoms with van der Waals surface area (Å²) in [5.74, 6) is -0.472. The van der Waals surface area contributed by atoms with Gasteiger partial charge in [-0.15, -0.1) is 0 Å². The van der Waals surface area contributed by atoms with Gasteiger partial charge in [-0.2, -0.15) is 0 Å². The van der Waals surface area contributed by atoms with Gasteiger partial charge in [0.05, 0.1) is 40.0 Å². The first-order chi connectivity index (χ1) is 18.8. The molecule has 0 heterocycles. The van der Waals surface area contributed by atoms with Crippen molar-refractivity contribution >= 4 is 7.60 Å². The Morgan fingerprint density at radius 3 is 1.68 bits per heavy atom. The molecule has 0 amide bonds. The van der Waals surface area contributed by atoms with Gasteiger partial charge < -0.3 is 23.4 Å². The number of nitrogens with zero attached hydrogens (tertiary/aromatic N) is 1. The highest BCUT2D eigenvalue weighted by Gasteiger charge is 2.42. The fraction of sp³-hybridized carbons (Fsp3) is 0.939. The molecule has 0 aliphatic heterocycles. The first-order valence-corrected chi connectivity index (χ1v) is 18.2. The zero-order valence-corrected chi connectivity index (χ0v) is 28.8. The number of allylic oxidation sites excluding steroid dienone is 2. The monoisotopic (exact) mass is 590 g/mol. The SMILES string of the molecule is CCCCCCCC/C=C\CCCCCCCCCCOC[C@H](COP(=O)(O)C(CC)[N+](C)(C)C)OC(C)(C)C. The summed E-state index contributed by atoms with van der Waals surface area (Å²) < 4.78 is 30.9. The Morgan fingerprint density at radius 2 is 1.23 bits per heavy atom. The van der Waals surface area contributed by atoms with Gasteiger partial charge in [0, 0.05) is 13.0 Å². The molecule has 1 N–H and O–H groups in total. The van der Waals surface area contributed by atoms with Gasteiger partial charge in [-0.05, 0) is 52.9 Å². The number of rotatable bonds is 27. The van der Waals surface area contributed by atoms with Crippen LogP contribution in [-0.4, -0.2) is 67.8 Å². The van der Waals surface area contributed by atoms with Crippen LogP contribution in [0.25, 0.3) is 0 Å².